The molecule has 0 atom stereocenters. The quantitative estimate of drug-likeness (QED) is 0.177. The Morgan fingerprint density at radius 3 is 1.93 bits per heavy atom. The van der Waals surface area contributed by atoms with Crippen LogP contribution in [0.1, 0.15) is 82.6 Å². The number of methoxy groups -OCH3 is 1. The highest BCUT2D eigenvalue weighted by molar-refractivity contribution is 8.26. The first kappa shape index (κ1) is 27.2. The molecule has 8 saturated carbocycles. The summed E-state index contributed by atoms with van der Waals surface area (Å²) in [5.74, 6) is 4.25. The molecule has 8 bridgehead atoms. The van der Waals surface area contributed by atoms with Gasteiger partial charge in [0.1, 0.15) is 0 Å². The van der Waals surface area contributed by atoms with Crippen LogP contribution >= 0.6 is 24.0 Å². The third-order valence-corrected chi connectivity index (χ3v) is 13.0. The van der Waals surface area contributed by atoms with Crippen LogP contribution in [-0.2, 0) is 14.4 Å². The smallest absolute Gasteiger partial charge is 0.317 e. The minimum Gasteiger partial charge on any atom is -0.493 e. The average molecular weight is 607 g/mol. The molecule has 0 aromatic heterocycles. The number of hydrogen-bond donors (Lipinski definition) is 1. The van der Waals surface area contributed by atoms with Crippen LogP contribution in [0.15, 0.2) is 23.1 Å². The molecule has 222 valence electrons. The van der Waals surface area contributed by atoms with Crippen molar-refractivity contribution in [3.63, 3.8) is 0 Å². The maximum Gasteiger partial charge on any atom is 0.317 e. The van der Waals surface area contributed by atoms with Crippen molar-refractivity contribution in [1.29, 1.82) is 0 Å². The maximum absolute atomic E-state index is 13.6. The maximum atomic E-state index is 13.6. The van der Waals surface area contributed by atoms with Crippen LogP contribution < -0.4 is 14.9 Å². The largest absolute Gasteiger partial charge is 0.493 e. The second-order valence-corrected chi connectivity index (χ2v) is 16.3. The summed E-state index contributed by atoms with van der Waals surface area (Å²) in [5, 5.41) is 1.26. The zero-order valence-electron chi connectivity index (χ0n) is 24.1. The number of carbonyl (C=O) groups excluding carboxylic acids is 3. The number of amides is 2. The van der Waals surface area contributed by atoms with Gasteiger partial charge in [0.2, 0.25) is 5.91 Å². The number of nitrogens with one attached hydrogen (secondary N) is 1. The van der Waals surface area contributed by atoms with Crippen molar-refractivity contribution in [3.8, 4) is 11.5 Å². The lowest BCUT2D eigenvalue weighted by Crippen LogP contribution is -2.57. The van der Waals surface area contributed by atoms with Gasteiger partial charge in [0.15, 0.2) is 15.8 Å². The van der Waals surface area contributed by atoms with Crippen LogP contribution in [0.4, 0.5) is 0 Å². The fraction of sp³-hybridized carbons (Fsp3) is 0.636. The predicted molar refractivity (Wildman–Crippen MR) is 163 cm³/mol. The Labute approximate surface area is 256 Å². The number of ether oxygens (including phenoxy) is 2. The van der Waals surface area contributed by atoms with Gasteiger partial charge in [0, 0.05) is 0 Å². The molecule has 0 radical (unpaired) electrons. The molecule has 1 aliphatic heterocycles. The number of hydrogen-bond acceptors (Lipinski definition) is 7. The molecule has 9 aliphatic rings. The molecule has 0 spiro atoms. The number of hydrazine groups is 1. The topological polar surface area (TPSA) is 84.9 Å². The van der Waals surface area contributed by atoms with E-state index in [-0.39, 0.29) is 28.6 Å². The van der Waals surface area contributed by atoms with Crippen LogP contribution in [-0.4, -0.2) is 34.2 Å². The van der Waals surface area contributed by atoms with Crippen LogP contribution in [0.3, 0.4) is 0 Å². The highest BCUT2D eigenvalue weighted by Gasteiger charge is 2.57. The second kappa shape index (κ2) is 9.81. The molecular formula is C33H38N2O5S2. The fourth-order valence-corrected chi connectivity index (χ4v) is 11.9. The Kier molecular flexibility index (Phi) is 6.35. The molecule has 0 unspecified atom stereocenters. The van der Waals surface area contributed by atoms with E-state index in [0.717, 1.165) is 44.1 Å². The third kappa shape index (κ3) is 4.44. The Morgan fingerprint density at radius 2 is 1.40 bits per heavy atom. The summed E-state index contributed by atoms with van der Waals surface area (Å²) in [6.45, 7) is 0. The second-order valence-electron chi connectivity index (χ2n) is 14.7. The van der Waals surface area contributed by atoms with Crippen LogP contribution in [0.5, 0.6) is 11.5 Å². The van der Waals surface area contributed by atoms with Gasteiger partial charge in [-0.25, -0.2) is 0 Å². The van der Waals surface area contributed by atoms with Crippen molar-refractivity contribution in [2.75, 3.05) is 7.11 Å². The molecule has 1 N–H and O–H groups in total. The Balaban J connectivity index is 0.963. The summed E-state index contributed by atoms with van der Waals surface area (Å²) < 4.78 is 12.0. The lowest BCUT2D eigenvalue weighted by Gasteiger charge is -2.55. The molecule has 42 heavy (non-hydrogen) atoms. The first-order valence-corrected chi connectivity index (χ1v) is 16.9. The summed E-state index contributed by atoms with van der Waals surface area (Å²) in [6.07, 6.45) is 14.9. The minimum atomic E-state index is -0.363. The molecule has 9 heteroatoms. The van der Waals surface area contributed by atoms with Crippen molar-refractivity contribution < 1.29 is 23.9 Å². The average Bonchev–Trinajstić information content (AvgIpc) is 3.19. The molecule has 8 aliphatic carbocycles. The zero-order chi connectivity index (χ0) is 28.8. The highest BCUT2D eigenvalue weighted by Crippen LogP contribution is 2.61. The minimum absolute atomic E-state index is 0.0500. The van der Waals surface area contributed by atoms with Gasteiger partial charge in [-0.1, -0.05) is 17.8 Å². The number of thioether (sulfide) groups is 1. The monoisotopic (exact) mass is 606 g/mol. The van der Waals surface area contributed by atoms with Gasteiger partial charge in [-0.15, -0.1) is 0 Å². The van der Waals surface area contributed by atoms with Gasteiger partial charge >= 0.3 is 5.97 Å². The van der Waals surface area contributed by atoms with Crippen molar-refractivity contribution in [2.45, 2.75) is 77.0 Å². The van der Waals surface area contributed by atoms with E-state index >= 15 is 0 Å². The molecule has 1 saturated heterocycles. The van der Waals surface area contributed by atoms with E-state index in [1.807, 2.05) is 6.07 Å². The van der Waals surface area contributed by atoms with Crippen LogP contribution in [0.25, 0.3) is 6.08 Å². The molecule has 2 amide bonds. The zero-order valence-corrected chi connectivity index (χ0v) is 25.7. The molecule has 10 rings (SSSR count). The van der Waals surface area contributed by atoms with E-state index in [9.17, 15) is 14.4 Å². The molecule has 1 heterocycles. The molecule has 7 nitrogen and oxygen atoms in total. The van der Waals surface area contributed by atoms with E-state index < -0.39 is 0 Å². The van der Waals surface area contributed by atoms with Gasteiger partial charge in [-0.2, -0.15) is 5.01 Å². The Hall–Kier alpha value is -2.39. The lowest BCUT2D eigenvalue weighted by atomic mass is 9.49. The van der Waals surface area contributed by atoms with Gasteiger partial charge in [0.05, 0.1) is 22.8 Å². The summed E-state index contributed by atoms with van der Waals surface area (Å²) >= 11 is 6.71. The highest BCUT2D eigenvalue weighted by atomic mass is 32.2. The van der Waals surface area contributed by atoms with E-state index in [0.29, 0.717) is 56.2 Å². The van der Waals surface area contributed by atoms with E-state index in [1.54, 1.807) is 25.3 Å². The van der Waals surface area contributed by atoms with Gasteiger partial charge < -0.3 is 9.47 Å². The summed E-state index contributed by atoms with van der Waals surface area (Å²) in [5.41, 5.74) is 2.93. The molecule has 1 aromatic rings. The first-order valence-electron chi connectivity index (χ1n) is 15.7. The standard InChI is InChI=1S/C33H38N2O5S2/c1-39-26-10-18(2-3-25(26)40-30(38)33-15-22-7-23(16-33)9-24(8-22)17-33)11-27-28(36)35(31(41)42-27)34-29(37)32-12-19-4-20(13-32)6-21(5-19)14-32/h2-3,10-11,19-24H,4-9,12-17H2,1H3,(H,34,37)/b27-11-. The van der Waals surface area contributed by atoms with Crippen LogP contribution in [0.2, 0.25) is 0 Å². The van der Waals surface area contributed by atoms with Crippen LogP contribution in [0, 0.1) is 46.3 Å². The first-order chi connectivity index (χ1) is 20.2. The molecular weight excluding hydrogens is 569 g/mol. The lowest BCUT2D eigenvalue weighted by molar-refractivity contribution is -0.161. The molecule has 1 aromatic carbocycles. The number of rotatable bonds is 6. The van der Waals surface area contributed by atoms with Crippen molar-refractivity contribution in [3.05, 3.63) is 28.7 Å². The normalized spacial score (nSPS) is 40.2. The predicted octanol–water partition coefficient (Wildman–Crippen LogP) is 6.27. The number of carbonyl (C=O) groups is 3. The van der Waals surface area contributed by atoms with E-state index in [1.165, 1.54) is 55.3 Å². The number of esters is 1. The number of benzene rings is 1. The summed E-state index contributed by atoms with van der Waals surface area (Å²) in [4.78, 5) is 40.9. The molecule has 9 fully saturated rings. The Bertz CT molecular complexity index is 1350. The SMILES string of the molecule is COc1cc(/C=C2\SC(=S)N(NC(=O)C34CC5CC(CC(C5)C3)C4)C2=O)ccc1OC(=O)C12CC3CC(CC(C3)C1)C2. The van der Waals surface area contributed by atoms with Gasteiger partial charge in [-0.3, -0.25) is 19.8 Å². The number of nitrogens with zero attached hydrogens (tertiary/aromatic N) is 1. The summed E-state index contributed by atoms with van der Waals surface area (Å²) in [7, 11) is 1.56. The van der Waals surface area contributed by atoms with Crippen molar-refractivity contribution in [1.82, 2.24) is 10.4 Å². The number of thiocarbonyl (C=S) groups is 1. The third-order valence-electron chi connectivity index (χ3n) is 11.7. The van der Waals surface area contributed by atoms with Crippen molar-refractivity contribution in [2.24, 2.45) is 46.3 Å². The summed E-state index contributed by atoms with van der Waals surface area (Å²) in [6, 6.07) is 5.35. The van der Waals surface area contributed by atoms with Crippen molar-refractivity contribution >= 4 is 52.2 Å². The fourth-order valence-electron chi connectivity index (χ4n) is 10.8. The van der Waals surface area contributed by atoms with E-state index in [2.05, 4.69) is 5.43 Å². The van der Waals surface area contributed by atoms with Gasteiger partial charge in [-0.05, 0) is 149 Å². The Morgan fingerprint density at radius 1 is 0.881 bits per heavy atom. The van der Waals surface area contributed by atoms with Gasteiger partial charge in [0.25, 0.3) is 5.91 Å². The van der Waals surface area contributed by atoms with E-state index in [4.69, 9.17) is 21.7 Å².